The Kier molecular flexibility index (Phi) is 5.42. The van der Waals surface area contributed by atoms with Crippen LogP contribution in [0.3, 0.4) is 0 Å². The number of rotatable bonds is 4. The number of piperidine rings is 1. The number of likely N-dealkylation sites (tertiary alicyclic amines) is 1. The molecule has 0 spiro atoms. The number of aliphatic hydroxyl groups is 1. The molecule has 0 unspecified atom stereocenters. The van der Waals surface area contributed by atoms with E-state index >= 15 is 0 Å². The smallest absolute Gasteiger partial charge is 0.317 e. The highest BCUT2D eigenvalue weighted by Gasteiger charge is 2.18. The molecule has 1 aliphatic heterocycles. The molecule has 1 atom stereocenters. The number of aliphatic hydroxyl groups excluding tert-OH is 1. The van der Waals surface area contributed by atoms with Crippen LogP contribution in [0.2, 0.25) is 0 Å². The predicted molar refractivity (Wildman–Crippen MR) is 58.8 cm³/mol. The lowest BCUT2D eigenvalue weighted by atomic mass is 10.1. The van der Waals surface area contributed by atoms with Crippen LogP contribution in [0.1, 0.15) is 19.3 Å². The Morgan fingerprint density at radius 1 is 1.40 bits per heavy atom. The molecule has 1 heterocycles. The maximum atomic E-state index is 11.7. The minimum absolute atomic E-state index is 0.0274. The summed E-state index contributed by atoms with van der Waals surface area (Å²) in [6, 6.07) is -0.242. The zero-order chi connectivity index (χ0) is 11.1. The van der Waals surface area contributed by atoms with Crippen LogP contribution in [-0.4, -0.2) is 55.4 Å². The number of nitrogens with one attached hydrogen (secondary N) is 2. The quantitative estimate of drug-likeness (QED) is 0.606. The molecule has 0 aromatic rings. The van der Waals surface area contributed by atoms with E-state index in [4.69, 9.17) is 5.11 Å². The fourth-order valence-corrected chi connectivity index (χ4v) is 1.77. The topological polar surface area (TPSA) is 64.6 Å². The highest BCUT2D eigenvalue weighted by Crippen LogP contribution is 2.08. The third kappa shape index (κ3) is 4.05. The monoisotopic (exact) mass is 215 g/mol. The van der Waals surface area contributed by atoms with Crippen LogP contribution < -0.4 is 10.6 Å². The van der Waals surface area contributed by atoms with Crippen molar-refractivity contribution in [3.05, 3.63) is 0 Å². The molecule has 0 aliphatic carbocycles. The van der Waals surface area contributed by atoms with Gasteiger partial charge in [-0.2, -0.15) is 0 Å². The van der Waals surface area contributed by atoms with Crippen LogP contribution >= 0.6 is 0 Å². The van der Waals surface area contributed by atoms with E-state index in [9.17, 15) is 4.79 Å². The number of carbonyl (C=O) groups excluding carboxylic acids is 1. The second kappa shape index (κ2) is 6.63. The minimum atomic E-state index is -0.190. The SMILES string of the molecule is CNC[C@H](CO)NC(=O)N1CCCCC1. The first-order valence-electron chi connectivity index (χ1n) is 5.59. The van der Waals surface area contributed by atoms with Gasteiger partial charge >= 0.3 is 6.03 Å². The Hall–Kier alpha value is -0.810. The van der Waals surface area contributed by atoms with E-state index < -0.39 is 0 Å². The van der Waals surface area contributed by atoms with E-state index in [2.05, 4.69) is 10.6 Å². The van der Waals surface area contributed by atoms with E-state index in [1.807, 2.05) is 4.90 Å². The van der Waals surface area contributed by atoms with Crippen molar-refractivity contribution in [2.24, 2.45) is 0 Å². The summed E-state index contributed by atoms with van der Waals surface area (Å²) in [6.07, 6.45) is 3.39. The van der Waals surface area contributed by atoms with Gasteiger partial charge in [-0.3, -0.25) is 0 Å². The van der Waals surface area contributed by atoms with Gasteiger partial charge < -0.3 is 20.6 Å². The first-order chi connectivity index (χ1) is 7.27. The molecule has 0 bridgehead atoms. The molecule has 0 radical (unpaired) electrons. The summed E-state index contributed by atoms with van der Waals surface area (Å²) in [4.78, 5) is 13.5. The number of hydrogen-bond acceptors (Lipinski definition) is 3. The highest BCUT2D eigenvalue weighted by atomic mass is 16.3. The zero-order valence-electron chi connectivity index (χ0n) is 9.33. The van der Waals surface area contributed by atoms with Crippen molar-refractivity contribution in [3.63, 3.8) is 0 Å². The average Bonchev–Trinajstić information content (AvgIpc) is 2.29. The molecule has 0 aromatic heterocycles. The molecule has 15 heavy (non-hydrogen) atoms. The van der Waals surface area contributed by atoms with E-state index in [1.165, 1.54) is 6.42 Å². The van der Waals surface area contributed by atoms with Gasteiger partial charge in [0.2, 0.25) is 0 Å². The van der Waals surface area contributed by atoms with Gasteiger partial charge in [-0.15, -0.1) is 0 Å². The molecule has 1 aliphatic rings. The Morgan fingerprint density at radius 3 is 2.60 bits per heavy atom. The molecule has 1 rings (SSSR count). The van der Waals surface area contributed by atoms with Gasteiger partial charge in [-0.1, -0.05) is 0 Å². The van der Waals surface area contributed by atoms with Crippen LogP contribution in [0.5, 0.6) is 0 Å². The Balaban J connectivity index is 2.31. The summed E-state index contributed by atoms with van der Waals surface area (Å²) >= 11 is 0. The molecule has 0 aromatic carbocycles. The molecule has 88 valence electrons. The van der Waals surface area contributed by atoms with Crippen molar-refractivity contribution in [1.29, 1.82) is 0 Å². The standard InChI is InChI=1S/C10H21N3O2/c1-11-7-9(8-14)12-10(15)13-5-3-2-4-6-13/h9,11,14H,2-8H2,1H3,(H,12,15)/t9-/m1/s1. The van der Waals surface area contributed by atoms with Crippen LogP contribution in [0.25, 0.3) is 0 Å². The second-order valence-corrected chi connectivity index (χ2v) is 3.93. The van der Waals surface area contributed by atoms with Crippen molar-refractivity contribution in [1.82, 2.24) is 15.5 Å². The first-order valence-corrected chi connectivity index (χ1v) is 5.59. The van der Waals surface area contributed by atoms with E-state index in [1.54, 1.807) is 7.05 Å². The summed E-state index contributed by atoms with van der Waals surface area (Å²) in [7, 11) is 1.80. The fraction of sp³-hybridized carbons (Fsp3) is 0.900. The lowest BCUT2D eigenvalue weighted by Crippen LogP contribution is -2.50. The Morgan fingerprint density at radius 2 is 2.07 bits per heavy atom. The highest BCUT2D eigenvalue weighted by molar-refractivity contribution is 5.74. The Bertz CT molecular complexity index is 193. The summed E-state index contributed by atoms with van der Waals surface area (Å²) in [5.74, 6) is 0. The summed E-state index contributed by atoms with van der Waals surface area (Å²) in [5.41, 5.74) is 0. The molecule has 0 saturated carbocycles. The number of carbonyl (C=O) groups is 1. The third-order valence-electron chi connectivity index (χ3n) is 2.64. The normalized spacial score (nSPS) is 18.7. The number of hydrogen-bond donors (Lipinski definition) is 3. The molecule has 3 N–H and O–H groups in total. The van der Waals surface area contributed by atoms with Gasteiger partial charge in [0, 0.05) is 19.6 Å². The first kappa shape index (κ1) is 12.3. The molecule has 5 nitrogen and oxygen atoms in total. The average molecular weight is 215 g/mol. The maximum Gasteiger partial charge on any atom is 0.317 e. The summed E-state index contributed by atoms with van der Waals surface area (Å²) in [6.45, 7) is 2.24. The number of nitrogens with zero attached hydrogens (tertiary/aromatic N) is 1. The van der Waals surface area contributed by atoms with E-state index in [0.29, 0.717) is 6.54 Å². The molecular weight excluding hydrogens is 194 g/mol. The molecule has 2 amide bonds. The van der Waals surface area contributed by atoms with Crippen molar-refractivity contribution in [2.75, 3.05) is 33.3 Å². The van der Waals surface area contributed by atoms with Crippen molar-refractivity contribution in [3.8, 4) is 0 Å². The van der Waals surface area contributed by atoms with Crippen LogP contribution in [0, 0.1) is 0 Å². The van der Waals surface area contributed by atoms with Gasteiger partial charge in [0.15, 0.2) is 0 Å². The van der Waals surface area contributed by atoms with Crippen molar-refractivity contribution >= 4 is 6.03 Å². The minimum Gasteiger partial charge on any atom is -0.394 e. The summed E-state index contributed by atoms with van der Waals surface area (Å²) in [5, 5.41) is 14.8. The fourth-order valence-electron chi connectivity index (χ4n) is 1.77. The molecule has 1 fully saturated rings. The van der Waals surface area contributed by atoms with Crippen LogP contribution in [-0.2, 0) is 0 Å². The van der Waals surface area contributed by atoms with Gasteiger partial charge in [0.05, 0.1) is 12.6 Å². The van der Waals surface area contributed by atoms with E-state index in [-0.39, 0.29) is 18.7 Å². The maximum absolute atomic E-state index is 11.7. The van der Waals surface area contributed by atoms with Crippen LogP contribution in [0.4, 0.5) is 4.79 Å². The molecule has 5 heteroatoms. The molecule has 1 saturated heterocycles. The predicted octanol–water partition coefficient (Wildman–Crippen LogP) is -0.238. The largest absolute Gasteiger partial charge is 0.394 e. The third-order valence-corrected chi connectivity index (χ3v) is 2.64. The van der Waals surface area contributed by atoms with E-state index in [0.717, 1.165) is 25.9 Å². The zero-order valence-corrected chi connectivity index (χ0v) is 9.33. The van der Waals surface area contributed by atoms with Crippen molar-refractivity contribution < 1.29 is 9.90 Å². The number of amides is 2. The van der Waals surface area contributed by atoms with Crippen LogP contribution in [0.15, 0.2) is 0 Å². The molecular formula is C10H21N3O2. The van der Waals surface area contributed by atoms with Gasteiger partial charge in [0.1, 0.15) is 0 Å². The van der Waals surface area contributed by atoms with Gasteiger partial charge in [0.25, 0.3) is 0 Å². The lowest BCUT2D eigenvalue weighted by Gasteiger charge is -2.28. The van der Waals surface area contributed by atoms with Gasteiger partial charge in [-0.25, -0.2) is 4.79 Å². The second-order valence-electron chi connectivity index (χ2n) is 3.93. The van der Waals surface area contributed by atoms with Gasteiger partial charge in [-0.05, 0) is 26.3 Å². The Labute approximate surface area is 90.8 Å². The lowest BCUT2D eigenvalue weighted by molar-refractivity contribution is 0.172. The number of likely N-dealkylation sites (N-methyl/N-ethyl adjacent to an activating group) is 1. The number of urea groups is 1. The summed E-state index contributed by atoms with van der Waals surface area (Å²) < 4.78 is 0. The van der Waals surface area contributed by atoms with Crippen molar-refractivity contribution in [2.45, 2.75) is 25.3 Å².